The zero-order chi connectivity index (χ0) is 12.4. The molecule has 4 rings (SSSR count). The lowest BCUT2D eigenvalue weighted by molar-refractivity contribution is -0.143. The lowest BCUT2D eigenvalue weighted by Gasteiger charge is -2.28. The van der Waals surface area contributed by atoms with Crippen LogP contribution in [-0.2, 0) is 9.53 Å². The minimum absolute atomic E-state index is 0.0108. The Kier molecular flexibility index (Phi) is 2.47. The molecule has 0 aromatic heterocycles. The van der Waals surface area contributed by atoms with Crippen molar-refractivity contribution in [1.82, 2.24) is 0 Å². The van der Waals surface area contributed by atoms with E-state index >= 15 is 0 Å². The van der Waals surface area contributed by atoms with Crippen molar-refractivity contribution < 1.29 is 9.53 Å². The highest BCUT2D eigenvalue weighted by Crippen LogP contribution is 2.63. The maximum atomic E-state index is 12.0. The number of hydrogen-bond acceptors (Lipinski definition) is 2. The molecule has 1 heterocycles. The SMILES string of the molecule is O=C1O[C@@H]2[C@@H](I)[C@H]3C[C@@H]2[C@@H]1[C@@H]3c1cccc(Cl)c1. The summed E-state index contributed by atoms with van der Waals surface area (Å²) >= 11 is 8.55. The first-order chi connectivity index (χ1) is 8.66. The fraction of sp³-hybridized carbons (Fsp3) is 0.500. The minimum atomic E-state index is 0.0108. The second-order valence-corrected chi connectivity index (χ2v) is 7.39. The summed E-state index contributed by atoms with van der Waals surface area (Å²) in [6.45, 7) is 0. The lowest BCUT2D eigenvalue weighted by atomic mass is 9.76. The Morgan fingerprint density at radius 2 is 2.11 bits per heavy atom. The molecule has 2 saturated carbocycles. The summed E-state index contributed by atoms with van der Waals surface area (Å²) in [7, 11) is 0. The molecule has 2 nitrogen and oxygen atoms in total. The van der Waals surface area contributed by atoms with Crippen LogP contribution in [0.2, 0.25) is 5.02 Å². The molecule has 1 aromatic rings. The number of hydrogen-bond donors (Lipinski definition) is 0. The number of carbonyl (C=O) groups excluding carboxylic acids is 1. The molecule has 1 saturated heterocycles. The van der Waals surface area contributed by atoms with Crippen molar-refractivity contribution in [2.75, 3.05) is 0 Å². The van der Waals surface area contributed by atoms with E-state index in [0.717, 1.165) is 11.4 Å². The third-order valence-corrected chi connectivity index (χ3v) is 6.62. The Morgan fingerprint density at radius 1 is 1.28 bits per heavy atom. The van der Waals surface area contributed by atoms with E-state index in [4.69, 9.17) is 16.3 Å². The van der Waals surface area contributed by atoms with Crippen LogP contribution >= 0.6 is 34.2 Å². The van der Waals surface area contributed by atoms with Crippen molar-refractivity contribution in [3.63, 3.8) is 0 Å². The summed E-state index contributed by atoms with van der Waals surface area (Å²) in [6, 6.07) is 7.97. The van der Waals surface area contributed by atoms with Crippen molar-refractivity contribution in [1.29, 1.82) is 0 Å². The largest absolute Gasteiger partial charge is 0.461 e. The van der Waals surface area contributed by atoms with Gasteiger partial charge in [0, 0.05) is 16.9 Å². The van der Waals surface area contributed by atoms with Gasteiger partial charge in [0.1, 0.15) is 6.10 Å². The third kappa shape index (κ3) is 1.38. The zero-order valence-electron chi connectivity index (χ0n) is 9.55. The van der Waals surface area contributed by atoms with Crippen LogP contribution in [0.1, 0.15) is 17.9 Å². The van der Waals surface area contributed by atoms with Gasteiger partial charge in [-0.2, -0.15) is 0 Å². The van der Waals surface area contributed by atoms with E-state index in [2.05, 4.69) is 28.7 Å². The fourth-order valence-electron chi connectivity index (χ4n) is 4.14. The maximum absolute atomic E-state index is 12.0. The highest BCUT2D eigenvalue weighted by Gasteiger charge is 2.66. The average molecular weight is 375 g/mol. The first-order valence-corrected chi connectivity index (χ1v) is 7.89. The zero-order valence-corrected chi connectivity index (χ0v) is 12.5. The van der Waals surface area contributed by atoms with E-state index in [9.17, 15) is 4.79 Å². The van der Waals surface area contributed by atoms with Gasteiger partial charge in [-0.1, -0.05) is 46.3 Å². The lowest BCUT2D eigenvalue weighted by Crippen LogP contribution is -2.32. The van der Waals surface area contributed by atoms with Gasteiger partial charge in [0.25, 0.3) is 0 Å². The van der Waals surface area contributed by atoms with E-state index in [1.54, 1.807) is 0 Å². The normalized spacial score (nSPS) is 44.4. The Morgan fingerprint density at radius 3 is 2.89 bits per heavy atom. The van der Waals surface area contributed by atoms with Crippen molar-refractivity contribution in [2.45, 2.75) is 22.4 Å². The van der Waals surface area contributed by atoms with Gasteiger partial charge in [-0.3, -0.25) is 4.79 Å². The molecule has 0 unspecified atom stereocenters. The van der Waals surface area contributed by atoms with E-state index in [1.807, 2.05) is 18.2 Å². The monoisotopic (exact) mass is 374 g/mol. The van der Waals surface area contributed by atoms with Crippen LogP contribution in [0.25, 0.3) is 0 Å². The molecule has 4 heteroatoms. The van der Waals surface area contributed by atoms with Crippen LogP contribution in [0.15, 0.2) is 24.3 Å². The Hall–Kier alpha value is -0.290. The van der Waals surface area contributed by atoms with Crippen molar-refractivity contribution in [3.05, 3.63) is 34.9 Å². The smallest absolute Gasteiger partial charge is 0.310 e. The molecule has 2 aliphatic carbocycles. The predicted molar refractivity (Wildman–Crippen MR) is 77.0 cm³/mol. The van der Waals surface area contributed by atoms with Gasteiger partial charge in [0.2, 0.25) is 0 Å². The molecule has 0 N–H and O–H groups in total. The molecular weight excluding hydrogens is 363 g/mol. The minimum Gasteiger partial charge on any atom is -0.461 e. The summed E-state index contributed by atoms with van der Waals surface area (Å²) < 4.78 is 6.01. The van der Waals surface area contributed by atoms with E-state index in [0.29, 0.717) is 21.7 Å². The van der Waals surface area contributed by atoms with Gasteiger partial charge < -0.3 is 4.74 Å². The van der Waals surface area contributed by atoms with Gasteiger partial charge in [-0.15, -0.1) is 0 Å². The topological polar surface area (TPSA) is 26.3 Å². The van der Waals surface area contributed by atoms with Crippen LogP contribution in [0.4, 0.5) is 0 Å². The third-order valence-electron chi connectivity index (χ3n) is 4.76. The van der Waals surface area contributed by atoms with Crippen LogP contribution in [0.5, 0.6) is 0 Å². The summed E-state index contributed by atoms with van der Waals surface area (Å²) in [4.78, 5) is 12.0. The number of halogens is 2. The van der Waals surface area contributed by atoms with Crippen LogP contribution in [0.3, 0.4) is 0 Å². The molecule has 0 amide bonds. The van der Waals surface area contributed by atoms with Crippen molar-refractivity contribution in [2.24, 2.45) is 17.8 Å². The molecule has 1 aliphatic heterocycles. The first-order valence-electron chi connectivity index (χ1n) is 6.27. The van der Waals surface area contributed by atoms with Crippen molar-refractivity contribution >= 4 is 40.2 Å². The number of carbonyl (C=O) groups is 1. The molecular formula is C14H12ClIO2. The quantitative estimate of drug-likeness (QED) is 0.428. The second kappa shape index (κ2) is 3.85. The molecule has 0 radical (unpaired) electrons. The molecule has 0 spiro atoms. The number of rotatable bonds is 1. The fourth-order valence-corrected chi connectivity index (χ4v) is 5.76. The van der Waals surface area contributed by atoms with Gasteiger partial charge in [0.15, 0.2) is 0 Å². The summed E-state index contributed by atoms with van der Waals surface area (Å²) in [5.74, 6) is 1.40. The summed E-state index contributed by atoms with van der Waals surface area (Å²) in [5.41, 5.74) is 1.21. The first kappa shape index (κ1) is 11.5. The molecule has 6 atom stereocenters. The number of alkyl halides is 1. The standard InChI is InChI=1S/C14H12ClIO2/c15-7-3-1-2-6(4-7)10-8-5-9-11(10)14(17)18-13(9)12(8)16/h1-4,8-13H,5H2/t8-,9+,10+,11+,12-,13-/m0/s1. The molecule has 94 valence electrons. The molecule has 1 aromatic carbocycles. The van der Waals surface area contributed by atoms with Gasteiger partial charge >= 0.3 is 5.97 Å². The van der Waals surface area contributed by atoms with Gasteiger partial charge in [-0.05, 0) is 30.0 Å². The highest BCUT2D eigenvalue weighted by molar-refractivity contribution is 14.1. The molecule has 3 aliphatic rings. The molecule has 18 heavy (non-hydrogen) atoms. The highest BCUT2D eigenvalue weighted by atomic mass is 127. The predicted octanol–water partition coefficient (Wildman–Crippen LogP) is 3.42. The second-order valence-electron chi connectivity index (χ2n) is 5.52. The molecule has 3 fully saturated rings. The Balaban J connectivity index is 1.80. The van der Waals surface area contributed by atoms with Crippen molar-refractivity contribution in [3.8, 4) is 0 Å². The number of ether oxygens (including phenoxy) is 1. The Labute approximate surface area is 124 Å². The molecule has 2 bridgehead atoms. The van der Waals surface area contributed by atoms with Crippen LogP contribution < -0.4 is 0 Å². The summed E-state index contributed by atoms with van der Waals surface area (Å²) in [6.07, 6.45) is 1.30. The Bertz CT molecular complexity index is 532. The number of fused-ring (bicyclic) bond motifs is 1. The van der Waals surface area contributed by atoms with Crippen LogP contribution in [-0.4, -0.2) is 16.0 Å². The van der Waals surface area contributed by atoms with Gasteiger partial charge in [0.05, 0.1) is 9.84 Å². The number of esters is 1. The van der Waals surface area contributed by atoms with Crippen LogP contribution in [0, 0.1) is 17.8 Å². The average Bonchev–Trinajstić information content (AvgIpc) is 2.93. The maximum Gasteiger partial charge on any atom is 0.310 e. The number of benzene rings is 1. The van der Waals surface area contributed by atoms with E-state index < -0.39 is 0 Å². The van der Waals surface area contributed by atoms with Gasteiger partial charge in [-0.25, -0.2) is 0 Å². The summed E-state index contributed by atoms with van der Waals surface area (Å²) in [5, 5.41) is 0.753. The van der Waals surface area contributed by atoms with E-state index in [1.165, 1.54) is 5.56 Å². The van der Waals surface area contributed by atoms with E-state index in [-0.39, 0.29) is 18.0 Å².